The summed E-state index contributed by atoms with van der Waals surface area (Å²) in [4.78, 5) is 27.2. The Morgan fingerprint density at radius 2 is 1.79 bits per heavy atom. The highest BCUT2D eigenvalue weighted by atomic mass is 16.5. The van der Waals surface area contributed by atoms with E-state index in [-0.39, 0.29) is 24.2 Å². The number of carbonyl (C=O) groups is 2. The van der Waals surface area contributed by atoms with Crippen molar-refractivity contribution in [2.24, 2.45) is 0 Å². The molecule has 2 N–H and O–H groups in total. The maximum absolute atomic E-state index is 12.9. The predicted octanol–water partition coefficient (Wildman–Crippen LogP) is 4.31. The number of ether oxygens (including phenoxy) is 1. The summed E-state index contributed by atoms with van der Waals surface area (Å²) in [5, 5.41) is 0. The van der Waals surface area contributed by atoms with Crippen molar-refractivity contribution >= 4 is 17.4 Å². The second-order valence-electron chi connectivity index (χ2n) is 7.62. The van der Waals surface area contributed by atoms with Gasteiger partial charge in [0.25, 0.3) is 0 Å². The molecule has 1 saturated heterocycles. The Morgan fingerprint density at radius 3 is 2.55 bits per heavy atom. The highest BCUT2D eigenvalue weighted by Crippen LogP contribution is 2.36. The Bertz CT molecular complexity index is 832. The number of benzene rings is 2. The number of likely N-dealkylation sites (tertiary alicyclic amines) is 1. The van der Waals surface area contributed by atoms with Crippen molar-refractivity contribution in [1.29, 1.82) is 0 Å². The number of rotatable bonds is 8. The van der Waals surface area contributed by atoms with E-state index in [1.54, 1.807) is 7.11 Å². The lowest BCUT2D eigenvalue weighted by Crippen LogP contribution is -2.38. The molecular formula is C24H30N2O3. The summed E-state index contributed by atoms with van der Waals surface area (Å²) < 4.78 is 5.51. The molecule has 1 unspecified atom stereocenters. The van der Waals surface area contributed by atoms with Gasteiger partial charge in [0.05, 0.1) is 13.2 Å². The molecule has 3 rings (SSSR count). The summed E-state index contributed by atoms with van der Waals surface area (Å²) >= 11 is 0. The average Bonchev–Trinajstić information content (AvgIpc) is 2.77. The molecule has 0 spiro atoms. The monoisotopic (exact) mass is 394 g/mol. The number of nitrogen functional groups attached to an aromatic ring is 1. The number of nitrogens with zero attached hydrogens (tertiary/aromatic N) is 1. The highest BCUT2D eigenvalue weighted by Gasteiger charge is 2.29. The second-order valence-corrected chi connectivity index (χ2v) is 7.62. The maximum Gasteiger partial charge on any atom is 0.223 e. The first-order chi connectivity index (χ1) is 14.1. The number of amides is 1. The van der Waals surface area contributed by atoms with Gasteiger partial charge in [0.15, 0.2) is 0 Å². The molecule has 1 fully saturated rings. The minimum Gasteiger partial charge on any atom is -0.496 e. The lowest BCUT2D eigenvalue weighted by Gasteiger charge is -2.36. The van der Waals surface area contributed by atoms with Crippen molar-refractivity contribution in [2.45, 2.75) is 51.0 Å². The zero-order valence-corrected chi connectivity index (χ0v) is 17.1. The molecule has 0 radical (unpaired) electrons. The van der Waals surface area contributed by atoms with Gasteiger partial charge in [0.2, 0.25) is 5.91 Å². The smallest absolute Gasteiger partial charge is 0.223 e. The molecule has 0 aromatic heterocycles. The quantitative estimate of drug-likeness (QED) is 0.677. The minimum absolute atomic E-state index is 0.0253. The molecule has 1 aliphatic heterocycles. The lowest BCUT2D eigenvalue weighted by atomic mass is 9.94. The van der Waals surface area contributed by atoms with Gasteiger partial charge in [0.1, 0.15) is 11.5 Å². The molecule has 5 heteroatoms. The van der Waals surface area contributed by atoms with Crippen molar-refractivity contribution < 1.29 is 14.3 Å². The van der Waals surface area contributed by atoms with E-state index in [2.05, 4.69) is 0 Å². The summed E-state index contributed by atoms with van der Waals surface area (Å²) in [6, 6.07) is 15.5. The van der Waals surface area contributed by atoms with E-state index < -0.39 is 0 Å². The van der Waals surface area contributed by atoms with E-state index >= 15 is 0 Å². The third kappa shape index (κ3) is 5.59. The van der Waals surface area contributed by atoms with E-state index in [9.17, 15) is 9.59 Å². The molecular weight excluding hydrogens is 364 g/mol. The molecule has 0 saturated carbocycles. The summed E-state index contributed by atoms with van der Waals surface area (Å²) in [6.45, 7) is 0.737. The van der Waals surface area contributed by atoms with Crippen LogP contribution in [0.4, 0.5) is 5.69 Å². The van der Waals surface area contributed by atoms with Gasteiger partial charge in [-0.3, -0.25) is 9.59 Å². The fraction of sp³-hybridized carbons (Fsp3) is 0.417. The van der Waals surface area contributed by atoms with E-state index in [1.165, 1.54) is 0 Å². The number of piperidine rings is 1. The van der Waals surface area contributed by atoms with Gasteiger partial charge in [-0.05, 0) is 49.4 Å². The topological polar surface area (TPSA) is 72.6 Å². The molecule has 154 valence electrons. The van der Waals surface area contributed by atoms with E-state index in [4.69, 9.17) is 10.5 Å². The standard InChI is InChI=1S/C24H30N2O3/c1-29-23-8-3-2-6-21(23)22-7-4-5-17-26(22)24(28)16-15-20(27)14-11-18-9-12-19(25)13-10-18/h2-3,6,8-10,12-13,22H,4-5,7,11,14-17,25H2,1H3. The van der Waals surface area contributed by atoms with Crippen molar-refractivity contribution in [3.63, 3.8) is 0 Å². The summed E-state index contributed by atoms with van der Waals surface area (Å²) in [7, 11) is 1.66. The van der Waals surface area contributed by atoms with Crippen LogP contribution in [-0.2, 0) is 16.0 Å². The molecule has 2 aromatic carbocycles. The Hall–Kier alpha value is -2.82. The number of anilines is 1. The number of hydrogen-bond donors (Lipinski definition) is 1. The third-order valence-corrected chi connectivity index (χ3v) is 5.61. The lowest BCUT2D eigenvalue weighted by molar-refractivity contribution is -0.136. The van der Waals surface area contributed by atoms with Crippen molar-refractivity contribution in [2.75, 3.05) is 19.4 Å². The first-order valence-electron chi connectivity index (χ1n) is 10.4. The van der Waals surface area contributed by atoms with Gasteiger partial charge in [-0.15, -0.1) is 0 Å². The number of hydrogen-bond acceptors (Lipinski definition) is 4. The van der Waals surface area contributed by atoms with Crippen LogP contribution in [0.1, 0.15) is 55.7 Å². The highest BCUT2D eigenvalue weighted by molar-refractivity contribution is 5.85. The molecule has 1 heterocycles. The Balaban J connectivity index is 1.55. The Morgan fingerprint density at radius 1 is 1.03 bits per heavy atom. The minimum atomic E-state index is 0.0253. The first-order valence-corrected chi connectivity index (χ1v) is 10.4. The first kappa shape index (κ1) is 20.9. The Labute approximate surface area is 172 Å². The van der Waals surface area contributed by atoms with Gasteiger partial charge in [0, 0.05) is 37.1 Å². The summed E-state index contributed by atoms with van der Waals surface area (Å²) in [5.74, 6) is 0.999. The molecule has 0 aliphatic carbocycles. The zero-order chi connectivity index (χ0) is 20.6. The molecule has 1 amide bonds. The van der Waals surface area contributed by atoms with Crippen LogP contribution in [0.5, 0.6) is 5.75 Å². The molecule has 1 atom stereocenters. The summed E-state index contributed by atoms with van der Waals surface area (Å²) in [6.07, 6.45) is 4.72. The van der Waals surface area contributed by atoms with Crippen LogP contribution >= 0.6 is 0 Å². The molecule has 2 aromatic rings. The van der Waals surface area contributed by atoms with Crippen LogP contribution in [0.25, 0.3) is 0 Å². The number of Topliss-reactive ketones (excluding diaryl/α,β-unsaturated/α-hetero) is 1. The van der Waals surface area contributed by atoms with Gasteiger partial charge >= 0.3 is 0 Å². The van der Waals surface area contributed by atoms with Crippen molar-refractivity contribution in [3.8, 4) is 5.75 Å². The van der Waals surface area contributed by atoms with Crippen LogP contribution in [0.3, 0.4) is 0 Å². The van der Waals surface area contributed by atoms with Crippen LogP contribution in [0.15, 0.2) is 48.5 Å². The van der Waals surface area contributed by atoms with Crippen LogP contribution in [0.2, 0.25) is 0 Å². The zero-order valence-electron chi connectivity index (χ0n) is 17.1. The van der Waals surface area contributed by atoms with Gasteiger partial charge in [-0.2, -0.15) is 0 Å². The van der Waals surface area contributed by atoms with Gasteiger partial charge < -0.3 is 15.4 Å². The number of methoxy groups -OCH3 is 1. The van der Waals surface area contributed by atoms with Gasteiger partial charge in [-0.25, -0.2) is 0 Å². The number of nitrogens with two attached hydrogens (primary N) is 1. The fourth-order valence-corrected chi connectivity index (χ4v) is 3.98. The van der Waals surface area contributed by atoms with Gasteiger partial charge in [-0.1, -0.05) is 30.3 Å². The van der Waals surface area contributed by atoms with Crippen LogP contribution < -0.4 is 10.5 Å². The normalized spacial score (nSPS) is 16.4. The molecule has 0 bridgehead atoms. The van der Waals surface area contributed by atoms with Crippen LogP contribution in [0, 0.1) is 0 Å². The number of para-hydroxylation sites is 1. The number of carbonyl (C=O) groups excluding carboxylic acids is 2. The maximum atomic E-state index is 12.9. The second kappa shape index (κ2) is 10.1. The summed E-state index contributed by atoms with van der Waals surface area (Å²) in [5.41, 5.74) is 8.55. The largest absolute Gasteiger partial charge is 0.496 e. The number of aryl methyl sites for hydroxylation is 1. The average molecular weight is 395 g/mol. The van der Waals surface area contributed by atoms with E-state index in [1.807, 2.05) is 53.4 Å². The van der Waals surface area contributed by atoms with E-state index in [0.29, 0.717) is 19.3 Å². The molecule has 5 nitrogen and oxygen atoms in total. The molecule has 29 heavy (non-hydrogen) atoms. The third-order valence-electron chi connectivity index (χ3n) is 5.61. The van der Waals surface area contributed by atoms with Crippen molar-refractivity contribution in [3.05, 3.63) is 59.7 Å². The predicted molar refractivity (Wildman–Crippen MR) is 115 cm³/mol. The van der Waals surface area contributed by atoms with Crippen molar-refractivity contribution in [1.82, 2.24) is 4.90 Å². The fourth-order valence-electron chi connectivity index (χ4n) is 3.98. The molecule has 1 aliphatic rings. The Kier molecular flexibility index (Phi) is 7.28. The van der Waals surface area contributed by atoms with E-state index in [0.717, 1.165) is 48.4 Å². The van der Waals surface area contributed by atoms with Crippen LogP contribution in [-0.4, -0.2) is 30.2 Å². The number of ketones is 1. The SMILES string of the molecule is COc1ccccc1C1CCCCN1C(=O)CCC(=O)CCc1ccc(N)cc1.